The number of ether oxygens (including phenoxy) is 1. The molecule has 0 aromatic heterocycles. The van der Waals surface area contributed by atoms with Gasteiger partial charge in [-0.2, -0.15) is 0 Å². The highest BCUT2D eigenvalue weighted by Crippen LogP contribution is 2.19. The van der Waals surface area contributed by atoms with Gasteiger partial charge in [0, 0.05) is 26.6 Å². The van der Waals surface area contributed by atoms with E-state index in [1.165, 1.54) is 4.90 Å². The van der Waals surface area contributed by atoms with Gasteiger partial charge in [-0.15, -0.1) is 0 Å². The van der Waals surface area contributed by atoms with Crippen molar-refractivity contribution in [3.05, 3.63) is 35.9 Å². The van der Waals surface area contributed by atoms with Gasteiger partial charge in [-0.05, 0) is 18.9 Å². The molecule has 0 saturated carbocycles. The van der Waals surface area contributed by atoms with Crippen molar-refractivity contribution < 1.29 is 19.4 Å². The number of benzene rings is 1. The van der Waals surface area contributed by atoms with Crippen molar-refractivity contribution in [1.82, 2.24) is 4.90 Å². The number of amides is 1. The van der Waals surface area contributed by atoms with E-state index in [0.717, 1.165) is 5.56 Å². The Labute approximate surface area is 119 Å². The maximum absolute atomic E-state index is 12.4. The number of carboxylic acid groups (broad SMARTS) is 1. The zero-order valence-electron chi connectivity index (χ0n) is 11.9. The smallest absolute Gasteiger partial charge is 0.303 e. The van der Waals surface area contributed by atoms with Crippen molar-refractivity contribution in [2.24, 2.45) is 0 Å². The first-order chi connectivity index (χ1) is 9.56. The van der Waals surface area contributed by atoms with Gasteiger partial charge >= 0.3 is 5.97 Å². The van der Waals surface area contributed by atoms with Crippen molar-refractivity contribution in [1.29, 1.82) is 0 Å². The average Bonchev–Trinajstić information content (AvgIpc) is 2.44. The lowest BCUT2D eigenvalue weighted by atomic mass is 10.1. The number of likely N-dealkylation sites (N-methyl/N-ethyl adjacent to an activating group) is 1. The fraction of sp³-hybridized carbons (Fsp3) is 0.467. The summed E-state index contributed by atoms with van der Waals surface area (Å²) >= 11 is 0. The average molecular weight is 279 g/mol. The Balaban J connectivity index is 2.66. The molecule has 5 heteroatoms. The van der Waals surface area contributed by atoms with Crippen LogP contribution in [-0.2, 0) is 14.3 Å². The molecule has 0 aliphatic heterocycles. The lowest BCUT2D eigenvalue weighted by molar-refractivity contribution is -0.143. The Morgan fingerprint density at radius 2 is 1.95 bits per heavy atom. The maximum atomic E-state index is 12.4. The van der Waals surface area contributed by atoms with Crippen molar-refractivity contribution in [2.75, 3.05) is 20.2 Å². The second-order valence-corrected chi connectivity index (χ2v) is 4.50. The van der Waals surface area contributed by atoms with Gasteiger partial charge in [0.25, 0.3) is 5.91 Å². The molecule has 1 rings (SSSR count). The molecular formula is C15H21NO4. The largest absolute Gasteiger partial charge is 0.481 e. The first-order valence-corrected chi connectivity index (χ1v) is 6.69. The minimum absolute atomic E-state index is 0.0578. The van der Waals surface area contributed by atoms with E-state index in [9.17, 15) is 9.59 Å². The van der Waals surface area contributed by atoms with Crippen LogP contribution in [0.5, 0.6) is 0 Å². The third-order valence-corrected chi connectivity index (χ3v) is 2.92. The van der Waals surface area contributed by atoms with Crippen molar-refractivity contribution in [2.45, 2.75) is 25.9 Å². The molecule has 0 heterocycles. The third kappa shape index (κ3) is 5.01. The lowest BCUT2D eigenvalue weighted by Gasteiger charge is -2.23. The monoisotopic (exact) mass is 279 g/mol. The van der Waals surface area contributed by atoms with Gasteiger partial charge in [0.1, 0.15) is 0 Å². The van der Waals surface area contributed by atoms with Crippen LogP contribution in [0.2, 0.25) is 0 Å². The molecule has 1 aromatic rings. The molecule has 0 bridgehead atoms. The molecule has 0 aliphatic rings. The summed E-state index contributed by atoms with van der Waals surface area (Å²) in [5.41, 5.74) is 0.810. The second kappa shape index (κ2) is 8.32. The van der Waals surface area contributed by atoms with Gasteiger partial charge in [-0.25, -0.2) is 0 Å². The maximum Gasteiger partial charge on any atom is 0.303 e. The molecule has 0 radical (unpaired) electrons. The van der Waals surface area contributed by atoms with Gasteiger partial charge in [0.2, 0.25) is 0 Å². The van der Waals surface area contributed by atoms with Crippen molar-refractivity contribution >= 4 is 11.9 Å². The molecule has 5 nitrogen and oxygen atoms in total. The van der Waals surface area contributed by atoms with Gasteiger partial charge in [0.15, 0.2) is 6.10 Å². The highest BCUT2D eigenvalue weighted by atomic mass is 16.5. The normalized spacial score (nSPS) is 11.9. The summed E-state index contributed by atoms with van der Waals surface area (Å²) in [5.74, 6) is -1.00. The molecule has 1 amide bonds. The van der Waals surface area contributed by atoms with Crippen LogP contribution in [-0.4, -0.2) is 42.1 Å². The van der Waals surface area contributed by atoms with Crippen LogP contribution in [0.4, 0.5) is 0 Å². The number of hydrogen-bond donors (Lipinski definition) is 1. The van der Waals surface area contributed by atoms with E-state index >= 15 is 0 Å². The van der Waals surface area contributed by atoms with E-state index in [1.807, 2.05) is 37.3 Å². The second-order valence-electron chi connectivity index (χ2n) is 4.50. The quantitative estimate of drug-likeness (QED) is 0.791. The van der Waals surface area contributed by atoms with E-state index in [0.29, 0.717) is 19.6 Å². The van der Waals surface area contributed by atoms with Crippen LogP contribution in [0.15, 0.2) is 30.3 Å². The molecule has 1 aromatic carbocycles. The van der Waals surface area contributed by atoms with E-state index in [1.54, 1.807) is 7.05 Å². The lowest BCUT2D eigenvalue weighted by Crippen LogP contribution is -2.34. The summed E-state index contributed by atoms with van der Waals surface area (Å²) < 4.78 is 5.53. The fourth-order valence-electron chi connectivity index (χ4n) is 1.88. The van der Waals surface area contributed by atoms with Crippen LogP contribution in [0.3, 0.4) is 0 Å². The Morgan fingerprint density at radius 3 is 2.50 bits per heavy atom. The standard InChI is InChI=1S/C15H21NO4/c1-3-20-14(12-8-5-4-6-9-12)15(19)16(2)11-7-10-13(17)18/h4-6,8-9,14H,3,7,10-11H2,1-2H3,(H,17,18). The summed E-state index contributed by atoms with van der Waals surface area (Å²) in [6, 6.07) is 9.30. The minimum Gasteiger partial charge on any atom is -0.481 e. The van der Waals surface area contributed by atoms with E-state index < -0.39 is 12.1 Å². The number of rotatable bonds is 8. The van der Waals surface area contributed by atoms with Crippen LogP contribution in [0.25, 0.3) is 0 Å². The highest BCUT2D eigenvalue weighted by Gasteiger charge is 2.23. The molecular weight excluding hydrogens is 258 g/mol. The minimum atomic E-state index is -0.852. The van der Waals surface area contributed by atoms with Crippen molar-refractivity contribution in [3.8, 4) is 0 Å². The topological polar surface area (TPSA) is 66.8 Å². The first-order valence-electron chi connectivity index (χ1n) is 6.69. The highest BCUT2D eigenvalue weighted by molar-refractivity contribution is 5.82. The molecule has 1 N–H and O–H groups in total. The Bertz CT molecular complexity index is 433. The summed E-state index contributed by atoms with van der Waals surface area (Å²) in [7, 11) is 1.67. The predicted octanol–water partition coefficient (Wildman–Crippen LogP) is 2.09. The van der Waals surface area contributed by atoms with E-state index in [2.05, 4.69) is 0 Å². The van der Waals surface area contributed by atoms with E-state index in [4.69, 9.17) is 9.84 Å². The third-order valence-electron chi connectivity index (χ3n) is 2.92. The molecule has 110 valence electrons. The molecule has 0 aliphatic carbocycles. The molecule has 0 spiro atoms. The number of hydrogen-bond acceptors (Lipinski definition) is 3. The van der Waals surface area contributed by atoms with Crippen molar-refractivity contribution in [3.63, 3.8) is 0 Å². The number of carboxylic acids is 1. The number of carbonyl (C=O) groups excluding carboxylic acids is 1. The van der Waals surface area contributed by atoms with Crippen LogP contribution in [0, 0.1) is 0 Å². The van der Waals surface area contributed by atoms with Crippen LogP contribution >= 0.6 is 0 Å². The molecule has 1 unspecified atom stereocenters. The Morgan fingerprint density at radius 1 is 1.30 bits per heavy atom. The zero-order chi connectivity index (χ0) is 15.0. The number of aliphatic carboxylic acids is 1. The van der Waals surface area contributed by atoms with Crippen LogP contribution in [0.1, 0.15) is 31.4 Å². The Kier molecular flexibility index (Phi) is 6.73. The fourth-order valence-corrected chi connectivity index (χ4v) is 1.88. The number of carbonyl (C=O) groups is 2. The van der Waals surface area contributed by atoms with E-state index in [-0.39, 0.29) is 12.3 Å². The van der Waals surface area contributed by atoms with Gasteiger partial charge in [-0.3, -0.25) is 9.59 Å². The SMILES string of the molecule is CCOC(C(=O)N(C)CCCC(=O)O)c1ccccc1. The predicted molar refractivity (Wildman–Crippen MR) is 75.3 cm³/mol. The molecule has 0 fully saturated rings. The summed E-state index contributed by atoms with van der Waals surface area (Å²) in [6.45, 7) is 2.68. The van der Waals surface area contributed by atoms with Crippen LogP contribution < -0.4 is 0 Å². The summed E-state index contributed by atoms with van der Waals surface area (Å²) in [4.78, 5) is 24.4. The van der Waals surface area contributed by atoms with Gasteiger partial charge < -0.3 is 14.7 Å². The first kappa shape index (κ1) is 16.2. The Hall–Kier alpha value is -1.88. The molecule has 1 atom stereocenters. The summed E-state index contributed by atoms with van der Waals surface area (Å²) in [6.07, 6.45) is -0.135. The number of nitrogens with zero attached hydrogens (tertiary/aromatic N) is 1. The zero-order valence-corrected chi connectivity index (χ0v) is 11.9. The van der Waals surface area contributed by atoms with Gasteiger partial charge in [0.05, 0.1) is 0 Å². The molecule has 20 heavy (non-hydrogen) atoms. The molecule has 0 saturated heterocycles. The summed E-state index contributed by atoms with van der Waals surface area (Å²) in [5, 5.41) is 8.61. The van der Waals surface area contributed by atoms with Gasteiger partial charge in [-0.1, -0.05) is 30.3 Å².